The average molecular weight is 482 g/mol. The number of amides is 3. The molecule has 0 saturated heterocycles. The zero-order valence-electron chi connectivity index (χ0n) is 19.2. The van der Waals surface area contributed by atoms with Crippen molar-refractivity contribution in [2.45, 2.75) is 57.4 Å². The van der Waals surface area contributed by atoms with Gasteiger partial charge in [-0.25, -0.2) is 9.59 Å². The molecule has 0 aliphatic heterocycles. The molecule has 5 N–H and O–H groups in total. The summed E-state index contributed by atoms with van der Waals surface area (Å²) in [6.45, 7) is 1.61. The smallest absolute Gasteiger partial charge is 0.407 e. The van der Waals surface area contributed by atoms with E-state index in [9.17, 15) is 29.1 Å². The number of carboxylic acids is 2. The van der Waals surface area contributed by atoms with Crippen molar-refractivity contribution in [1.29, 1.82) is 0 Å². The summed E-state index contributed by atoms with van der Waals surface area (Å²) in [5.74, 6) is -4.09. The number of nitrogens with one attached hydrogen (secondary N) is 3. The van der Waals surface area contributed by atoms with E-state index in [1.165, 1.54) is 6.92 Å². The molecule has 0 radical (unpaired) electrons. The molecular formula is C22H31N3O9. The van der Waals surface area contributed by atoms with E-state index in [4.69, 9.17) is 14.6 Å². The van der Waals surface area contributed by atoms with E-state index >= 15 is 0 Å². The number of hydrogen-bond donors (Lipinski definition) is 5. The van der Waals surface area contributed by atoms with Crippen molar-refractivity contribution in [1.82, 2.24) is 16.0 Å². The second kappa shape index (κ2) is 14.5. The van der Waals surface area contributed by atoms with E-state index in [1.807, 2.05) is 30.3 Å². The van der Waals surface area contributed by atoms with Crippen molar-refractivity contribution in [2.75, 3.05) is 13.7 Å². The lowest BCUT2D eigenvalue weighted by atomic mass is 10.1. The van der Waals surface area contributed by atoms with Crippen LogP contribution < -0.4 is 16.0 Å². The molecule has 0 fully saturated rings. The Morgan fingerprint density at radius 2 is 1.71 bits per heavy atom. The average Bonchev–Trinajstić information content (AvgIpc) is 2.80. The molecule has 0 aromatic heterocycles. The van der Waals surface area contributed by atoms with E-state index in [1.54, 1.807) is 0 Å². The number of aliphatic carboxylic acids is 2. The SMILES string of the molecule is CO[C@@](C)(NC(=O)CCC(=O)O)C(=O)N[C@@H](CCCCNC(=O)OCc1ccccc1)C(=O)O. The highest BCUT2D eigenvalue weighted by molar-refractivity contribution is 5.92. The van der Waals surface area contributed by atoms with Gasteiger partial charge < -0.3 is 35.6 Å². The first kappa shape index (κ1) is 28.4. The first-order valence-corrected chi connectivity index (χ1v) is 10.6. The van der Waals surface area contributed by atoms with Gasteiger partial charge >= 0.3 is 18.0 Å². The van der Waals surface area contributed by atoms with Gasteiger partial charge in [0, 0.05) is 20.1 Å². The summed E-state index contributed by atoms with van der Waals surface area (Å²) in [5.41, 5.74) is -1.04. The zero-order chi connectivity index (χ0) is 25.6. The molecule has 1 aromatic carbocycles. The highest BCUT2D eigenvalue weighted by Gasteiger charge is 2.37. The summed E-state index contributed by atoms with van der Waals surface area (Å²) in [7, 11) is 1.15. The van der Waals surface area contributed by atoms with E-state index in [0.29, 0.717) is 12.8 Å². The molecule has 0 bridgehead atoms. The van der Waals surface area contributed by atoms with Crippen LogP contribution in [0.15, 0.2) is 30.3 Å². The molecule has 0 saturated carbocycles. The van der Waals surface area contributed by atoms with Crippen LogP contribution in [0, 0.1) is 0 Å². The molecule has 2 atom stereocenters. The maximum Gasteiger partial charge on any atom is 0.407 e. The predicted octanol–water partition coefficient (Wildman–Crippen LogP) is 0.996. The fourth-order valence-electron chi connectivity index (χ4n) is 2.74. The van der Waals surface area contributed by atoms with Crippen LogP contribution in [0.3, 0.4) is 0 Å². The molecule has 0 aliphatic carbocycles. The van der Waals surface area contributed by atoms with Gasteiger partial charge in [-0.05, 0) is 31.7 Å². The Balaban J connectivity index is 2.42. The van der Waals surface area contributed by atoms with Crippen LogP contribution >= 0.6 is 0 Å². The Morgan fingerprint density at radius 3 is 2.29 bits per heavy atom. The highest BCUT2D eigenvalue weighted by atomic mass is 16.5. The Morgan fingerprint density at radius 1 is 1.03 bits per heavy atom. The third kappa shape index (κ3) is 10.8. The zero-order valence-corrected chi connectivity index (χ0v) is 19.2. The van der Waals surface area contributed by atoms with Crippen molar-refractivity contribution in [3.05, 3.63) is 35.9 Å². The number of unbranched alkanes of at least 4 members (excludes halogenated alkanes) is 1. The Hall–Kier alpha value is -3.67. The molecule has 0 unspecified atom stereocenters. The number of rotatable bonds is 15. The summed E-state index contributed by atoms with van der Waals surface area (Å²) in [6, 6.07) is 7.90. The molecule has 1 rings (SSSR count). The third-order valence-electron chi connectivity index (χ3n) is 4.79. The lowest BCUT2D eigenvalue weighted by Gasteiger charge is -2.29. The van der Waals surface area contributed by atoms with E-state index in [0.717, 1.165) is 12.7 Å². The largest absolute Gasteiger partial charge is 0.481 e. The molecular weight excluding hydrogens is 450 g/mol. The minimum absolute atomic E-state index is 0.0641. The first-order chi connectivity index (χ1) is 16.1. The van der Waals surface area contributed by atoms with Gasteiger partial charge in [-0.2, -0.15) is 0 Å². The van der Waals surface area contributed by atoms with Crippen LogP contribution in [0.2, 0.25) is 0 Å². The number of methoxy groups -OCH3 is 1. The summed E-state index contributed by atoms with van der Waals surface area (Å²) < 4.78 is 10.1. The van der Waals surface area contributed by atoms with Crippen LogP contribution in [0.1, 0.15) is 44.6 Å². The summed E-state index contributed by atoms with van der Waals surface area (Å²) in [6.07, 6.45) is -0.530. The van der Waals surface area contributed by atoms with Gasteiger partial charge in [0.05, 0.1) is 6.42 Å². The molecule has 0 heterocycles. The molecule has 188 valence electrons. The lowest BCUT2D eigenvalue weighted by Crippen LogP contribution is -2.60. The van der Waals surface area contributed by atoms with Gasteiger partial charge in [-0.1, -0.05) is 30.3 Å². The van der Waals surface area contributed by atoms with Crippen molar-refractivity contribution in [3.8, 4) is 0 Å². The summed E-state index contributed by atoms with van der Waals surface area (Å²) in [5, 5.41) is 25.2. The van der Waals surface area contributed by atoms with Crippen LogP contribution in [0.4, 0.5) is 4.79 Å². The molecule has 1 aromatic rings. The second-order valence-corrected chi connectivity index (χ2v) is 7.53. The molecule has 0 spiro atoms. The molecule has 0 aliphatic rings. The van der Waals surface area contributed by atoms with Crippen molar-refractivity contribution in [3.63, 3.8) is 0 Å². The molecule has 3 amide bonds. The van der Waals surface area contributed by atoms with Gasteiger partial charge in [0.1, 0.15) is 12.6 Å². The molecule has 12 nitrogen and oxygen atoms in total. The van der Waals surface area contributed by atoms with Crippen LogP contribution in [0.25, 0.3) is 0 Å². The minimum atomic E-state index is -1.88. The third-order valence-corrected chi connectivity index (χ3v) is 4.79. The number of alkyl carbamates (subject to hydrolysis) is 1. The van der Waals surface area contributed by atoms with Crippen molar-refractivity contribution in [2.24, 2.45) is 0 Å². The fraction of sp³-hybridized carbons (Fsp3) is 0.500. The van der Waals surface area contributed by atoms with Crippen molar-refractivity contribution < 1.29 is 43.7 Å². The van der Waals surface area contributed by atoms with E-state index in [-0.39, 0.29) is 26.0 Å². The van der Waals surface area contributed by atoms with Crippen LogP contribution in [-0.2, 0) is 35.3 Å². The molecule has 34 heavy (non-hydrogen) atoms. The normalized spacial score (nSPS) is 13.1. The van der Waals surface area contributed by atoms with E-state index in [2.05, 4.69) is 16.0 Å². The Labute approximate surface area is 197 Å². The number of carboxylic acid groups (broad SMARTS) is 2. The van der Waals surface area contributed by atoms with Crippen LogP contribution in [-0.4, -0.2) is 65.5 Å². The lowest BCUT2D eigenvalue weighted by molar-refractivity contribution is -0.155. The molecule has 12 heteroatoms. The first-order valence-electron chi connectivity index (χ1n) is 10.6. The second-order valence-electron chi connectivity index (χ2n) is 7.53. The monoisotopic (exact) mass is 481 g/mol. The van der Waals surface area contributed by atoms with Gasteiger partial charge in [0.2, 0.25) is 11.6 Å². The van der Waals surface area contributed by atoms with Crippen LogP contribution in [0.5, 0.6) is 0 Å². The van der Waals surface area contributed by atoms with Gasteiger partial charge in [0.15, 0.2) is 0 Å². The topological polar surface area (TPSA) is 180 Å². The summed E-state index contributed by atoms with van der Waals surface area (Å²) in [4.78, 5) is 58.3. The van der Waals surface area contributed by atoms with Crippen molar-refractivity contribution >= 4 is 29.8 Å². The number of carbonyl (C=O) groups excluding carboxylic acids is 3. The maximum atomic E-state index is 12.5. The maximum absolute atomic E-state index is 12.5. The number of ether oxygens (including phenoxy) is 2. The Kier molecular flexibility index (Phi) is 12.1. The van der Waals surface area contributed by atoms with Gasteiger partial charge in [-0.3, -0.25) is 14.4 Å². The number of hydrogen-bond acceptors (Lipinski definition) is 7. The number of benzene rings is 1. The summed E-state index contributed by atoms with van der Waals surface area (Å²) >= 11 is 0. The fourth-order valence-corrected chi connectivity index (χ4v) is 2.74. The Bertz CT molecular complexity index is 847. The van der Waals surface area contributed by atoms with Gasteiger partial charge in [0.25, 0.3) is 5.91 Å². The highest BCUT2D eigenvalue weighted by Crippen LogP contribution is 2.09. The van der Waals surface area contributed by atoms with Gasteiger partial charge in [-0.15, -0.1) is 0 Å². The standard InChI is InChI=1S/C22H31N3O9/c1-22(33-2,25-17(26)11-12-18(27)28)20(31)24-16(19(29)30)10-6-7-13-23-21(32)34-14-15-8-4-3-5-9-15/h3-5,8-9,16H,6-7,10-14H2,1-2H3,(H,23,32)(H,24,31)(H,25,26)(H,27,28)(H,29,30)/t16-,22+/m0/s1. The predicted molar refractivity (Wildman–Crippen MR) is 118 cm³/mol. The number of carbonyl (C=O) groups is 5. The quantitative estimate of drug-likeness (QED) is 0.180. The van der Waals surface area contributed by atoms with E-state index < -0.39 is 48.0 Å². The minimum Gasteiger partial charge on any atom is -0.481 e.